The first-order chi connectivity index (χ1) is 12.9. The normalized spacial score (nSPS) is 15.4. The van der Waals surface area contributed by atoms with Gasteiger partial charge in [0.2, 0.25) is 10.0 Å². The Bertz CT molecular complexity index is 892. The number of rotatable bonds is 6. The van der Waals surface area contributed by atoms with Gasteiger partial charge in [-0.05, 0) is 48.7 Å². The van der Waals surface area contributed by atoms with E-state index in [2.05, 4.69) is 10.0 Å². The molecule has 0 atom stereocenters. The fourth-order valence-corrected chi connectivity index (χ4v) is 4.55. The lowest BCUT2D eigenvalue weighted by Gasteiger charge is -2.22. The first-order valence-corrected chi connectivity index (χ1v) is 10.6. The molecule has 1 amide bonds. The summed E-state index contributed by atoms with van der Waals surface area (Å²) in [5, 5.41) is 2.72. The second-order valence-electron chi connectivity index (χ2n) is 6.79. The predicted octanol–water partition coefficient (Wildman–Crippen LogP) is 3.37. The summed E-state index contributed by atoms with van der Waals surface area (Å²) in [5.41, 5.74) is 1.02. The molecular weight excluding hydrogens is 367 g/mol. The first kappa shape index (κ1) is 19.5. The van der Waals surface area contributed by atoms with E-state index >= 15 is 0 Å². The van der Waals surface area contributed by atoms with Crippen LogP contribution in [0.1, 0.15) is 48.0 Å². The van der Waals surface area contributed by atoms with Crippen LogP contribution in [-0.4, -0.2) is 20.4 Å². The van der Waals surface area contributed by atoms with Crippen molar-refractivity contribution >= 4 is 15.9 Å². The predicted molar refractivity (Wildman–Crippen MR) is 101 cm³/mol. The molecule has 0 saturated heterocycles. The smallest absolute Gasteiger partial charge is 0.251 e. The molecule has 1 aliphatic rings. The van der Waals surface area contributed by atoms with Crippen molar-refractivity contribution in [1.82, 2.24) is 10.0 Å². The number of hydrogen-bond donors (Lipinski definition) is 2. The van der Waals surface area contributed by atoms with Crippen molar-refractivity contribution in [3.8, 4) is 0 Å². The molecule has 0 aliphatic heterocycles. The standard InChI is InChI=1S/C20H23FN2O3S/c21-17-11-9-15(10-12-17)14-22-20(24)16-5-4-8-19(13-16)27(25,26)23-18-6-2-1-3-7-18/h4-5,8-13,18,23H,1-3,6-7,14H2,(H,22,24). The molecule has 7 heteroatoms. The highest BCUT2D eigenvalue weighted by Gasteiger charge is 2.22. The average molecular weight is 390 g/mol. The summed E-state index contributed by atoms with van der Waals surface area (Å²) in [4.78, 5) is 12.4. The van der Waals surface area contributed by atoms with Gasteiger partial charge >= 0.3 is 0 Å². The quantitative estimate of drug-likeness (QED) is 0.794. The van der Waals surface area contributed by atoms with E-state index < -0.39 is 10.0 Å². The van der Waals surface area contributed by atoms with Crippen molar-refractivity contribution in [2.45, 2.75) is 49.6 Å². The number of hydrogen-bond acceptors (Lipinski definition) is 3. The van der Waals surface area contributed by atoms with Gasteiger partial charge in [-0.25, -0.2) is 17.5 Å². The maximum absolute atomic E-state index is 12.9. The Hall–Kier alpha value is -2.25. The van der Waals surface area contributed by atoms with Gasteiger partial charge in [0.15, 0.2) is 0 Å². The lowest BCUT2D eigenvalue weighted by Crippen LogP contribution is -2.36. The van der Waals surface area contributed by atoms with Gasteiger partial charge in [0.1, 0.15) is 5.82 Å². The van der Waals surface area contributed by atoms with Crippen LogP contribution in [0.3, 0.4) is 0 Å². The van der Waals surface area contributed by atoms with Gasteiger partial charge in [0, 0.05) is 18.2 Å². The Balaban J connectivity index is 1.66. The third-order valence-corrected chi connectivity index (χ3v) is 6.22. The van der Waals surface area contributed by atoms with Crippen LogP contribution in [0, 0.1) is 5.82 Å². The maximum atomic E-state index is 12.9. The van der Waals surface area contributed by atoms with Gasteiger partial charge < -0.3 is 5.32 Å². The summed E-state index contributed by atoms with van der Waals surface area (Å²) in [6, 6.07) is 11.8. The minimum Gasteiger partial charge on any atom is -0.348 e. The lowest BCUT2D eigenvalue weighted by atomic mass is 9.96. The van der Waals surface area contributed by atoms with Crippen molar-refractivity contribution in [2.24, 2.45) is 0 Å². The number of nitrogens with one attached hydrogen (secondary N) is 2. The monoisotopic (exact) mass is 390 g/mol. The van der Waals surface area contributed by atoms with Crippen LogP contribution in [0.5, 0.6) is 0 Å². The SMILES string of the molecule is O=C(NCc1ccc(F)cc1)c1cccc(S(=O)(=O)NC2CCCCC2)c1. The summed E-state index contributed by atoms with van der Waals surface area (Å²) in [7, 11) is -3.66. The molecule has 1 saturated carbocycles. The van der Waals surface area contributed by atoms with Gasteiger partial charge in [0.05, 0.1) is 4.90 Å². The summed E-state index contributed by atoms with van der Waals surface area (Å²) >= 11 is 0. The Kier molecular flexibility index (Phi) is 6.23. The molecule has 3 rings (SSSR count). The van der Waals surface area contributed by atoms with Gasteiger partial charge in [0.25, 0.3) is 5.91 Å². The molecule has 144 valence electrons. The van der Waals surface area contributed by atoms with E-state index in [-0.39, 0.29) is 34.8 Å². The van der Waals surface area contributed by atoms with Gasteiger partial charge in [-0.3, -0.25) is 4.79 Å². The molecule has 0 radical (unpaired) electrons. The van der Waals surface area contributed by atoms with Gasteiger partial charge in [-0.2, -0.15) is 0 Å². The van der Waals surface area contributed by atoms with Gasteiger partial charge in [-0.15, -0.1) is 0 Å². The van der Waals surface area contributed by atoms with Crippen LogP contribution in [0.2, 0.25) is 0 Å². The van der Waals surface area contributed by atoms with E-state index in [1.807, 2.05) is 0 Å². The van der Waals surface area contributed by atoms with Crippen molar-refractivity contribution in [3.05, 3.63) is 65.5 Å². The molecule has 27 heavy (non-hydrogen) atoms. The number of carbonyl (C=O) groups is 1. The molecule has 0 bridgehead atoms. The Morgan fingerprint density at radius 3 is 2.44 bits per heavy atom. The maximum Gasteiger partial charge on any atom is 0.251 e. The molecule has 5 nitrogen and oxygen atoms in total. The summed E-state index contributed by atoms with van der Waals surface area (Å²) in [6.45, 7) is 0.233. The van der Waals surface area contributed by atoms with Crippen LogP contribution in [0.25, 0.3) is 0 Å². The van der Waals surface area contributed by atoms with Crippen LogP contribution >= 0.6 is 0 Å². The van der Waals surface area contributed by atoms with Crippen molar-refractivity contribution in [2.75, 3.05) is 0 Å². The number of amides is 1. The topological polar surface area (TPSA) is 75.3 Å². The minimum atomic E-state index is -3.66. The molecule has 1 aliphatic carbocycles. The van der Waals surface area contributed by atoms with Crippen LogP contribution < -0.4 is 10.0 Å². The van der Waals surface area contributed by atoms with Crippen molar-refractivity contribution < 1.29 is 17.6 Å². The van der Waals surface area contributed by atoms with Crippen molar-refractivity contribution in [3.63, 3.8) is 0 Å². The summed E-state index contributed by atoms with van der Waals surface area (Å²) < 4.78 is 40.9. The second kappa shape index (κ2) is 8.63. The average Bonchev–Trinajstić information content (AvgIpc) is 2.68. The van der Waals surface area contributed by atoms with Gasteiger partial charge in [-0.1, -0.05) is 37.5 Å². The molecular formula is C20H23FN2O3S. The lowest BCUT2D eigenvalue weighted by molar-refractivity contribution is 0.0950. The minimum absolute atomic E-state index is 0.0419. The Morgan fingerprint density at radius 2 is 1.74 bits per heavy atom. The summed E-state index contributed by atoms with van der Waals surface area (Å²) in [6.07, 6.45) is 4.88. The molecule has 1 fully saturated rings. The Morgan fingerprint density at radius 1 is 1.04 bits per heavy atom. The first-order valence-electron chi connectivity index (χ1n) is 9.09. The van der Waals surface area contributed by atoms with Crippen molar-refractivity contribution in [1.29, 1.82) is 0 Å². The molecule has 2 aromatic rings. The zero-order valence-electron chi connectivity index (χ0n) is 14.9. The molecule has 0 unspecified atom stereocenters. The summed E-state index contributed by atoms with van der Waals surface area (Å²) in [5.74, 6) is -0.720. The third-order valence-electron chi connectivity index (χ3n) is 4.70. The number of halogens is 1. The number of sulfonamides is 1. The highest BCUT2D eigenvalue weighted by molar-refractivity contribution is 7.89. The van der Waals surface area contributed by atoms with Crippen LogP contribution in [-0.2, 0) is 16.6 Å². The molecule has 0 aromatic heterocycles. The largest absolute Gasteiger partial charge is 0.348 e. The molecule has 2 N–H and O–H groups in total. The second-order valence-corrected chi connectivity index (χ2v) is 8.51. The molecule has 0 heterocycles. The molecule has 0 spiro atoms. The fourth-order valence-electron chi connectivity index (χ4n) is 3.20. The number of benzene rings is 2. The number of carbonyl (C=O) groups excluding carboxylic acids is 1. The third kappa shape index (κ3) is 5.37. The Labute approximate surface area is 159 Å². The highest BCUT2D eigenvalue weighted by Crippen LogP contribution is 2.20. The zero-order chi connectivity index (χ0) is 19.3. The fraction of sp³-hybridized carbons (Fsp3) is 0.350. The zero-order valence-corrected chi connectivity index (χ0v) is 15.8. The van der Waals surface area contributed by atoms with E-state index in [1.54, 1.807) is 24.3 Å². The van der Waals surface area contributed by atoms with E-state index in [0.29, 0.717) is 0 Å². The van der Waals surface area contributed by atoms with E-state index in [4.69, 9.17) is 0 Å². The van der Waals surface area contributed by atoms with E-state index in [9.17, 15) is 17.6 Å². The highest BCUT2D eigenvalue weighted by atomic mass is 32.2. The molecule has 2 aromatic carbocycles. The van der Waals surface area contributed by atoms with E-state index in [1.165, 1.54) is 24.3 Å². The van der Waals surface area contributed by atoms with Crippen LogP contribution in [0.15, 0.2) is 53.4 Å². The van der Waals surface area contributed by atoms with Crippen LogP contribution in [0.4, 0.5) is 4.39 Å². The van der Waals surface area contributed by atoms with E-state index in [0.717, 1.165) is 37.7 Å².